The van der Waals surface area contributed by atoms with Crippen molar-refractivity contribution in [2.45, 2.75) is 46.0 Å². The standard InChI is InChI=1S/C28H35N3O2/c1-3-6-28(32)30-24-8-4-7-23(20-24)19-22-13-15-31(16-14-22)17-18-33-27-10-5-9-26-25(27)12-11-21(2)29-26/h4-5,7-12,20,22H,3,6,13-19H2,1-2H3,(H,30,32). The van der Waals surface area contributed by atoms with Crippen LogP contribution in [0.25, 0.3) is 10.9 Å². The molecule has 33 heavy (non-hydrogen) atoms. The van der Waals surface area contributed by atoms with Crippen molar-refractivity contribution in [1.29, 1.82) is 0 Å². The Hall–Kier alpha value is -2.92. The second-order valence-corrected chi connectivity index (χ2v) is 9.11. The van der Waals surface area contributed by atoms with Gasteiger partial charge < -0.3 is 10.1 Å². The number of rotatable bonds is 9. The van der Waals surface area contributed by atoms with Gasteiger partial charge in [0.1, 0.15) is 12.4 Å². The van der Waals surface area contributed by atoms with E-state index in [0.29, 0.717) is 18.9 Å². The van der Waals surface area contributed by atoms with E-state index in [-0.39, 0.29) is 5.91 Å². The second-order valence-electron chi connectivity index (χ2n) is 9.11. The number of anilines is 1. The van der Waals surface area contributed by atoms with E-state index < -0.39 is 0 Å². The lowest BCUT2D eigenvalue weighted by atomic mass is 9.90. The molecule has 4 rings (SSSR count). The van der Waals surface area contributed by atoms with Gasteiger partial charge in [-0.2, -0.15) is 0 Å². The maximum Gasteiger partial charge on any atom is 0.224 e. The molecule has 1 aliphatic heterocycles. The number of ether oxygens (including phenoxy) is 1. The molecular weight excluding hydrogens is 410 g/mol. The van der Waals surface area contributed by atoms with Gasteiger partial charge in [-0.15, -0.1) is 0 Å². The summed E-state index contributed by atoms with van der Waals surface area (Å²) in [7, 11) is 0. The number of carbonyl (C=O) groups is 1. The van der Waals surface area contributed by atoms with Crippen LogP contribution in [0.15, 0.2) is 54.6 Å². The van der Waals surface area contributed by atoms with E-state index in [0.717, 1.165) is 60.5 Å². The normalized spacial score (nSPS) is 15.0. The molecule has 1 aromatic heterocycles. The summed E-state index contributed by atoms with van der Waals surface area (Å²) in [5.41, 5.74) is 4.24. The fourth-order valence-electron chi connectivity index (χ4n) is 4.61. The molecule has 0 bridgehead atoms. The first-order valence-corrected chi connectivity index (χ1v) is 12.2. The number of likely N-dealkylation sites (tertiary alicyclic amines) is 1. The Morgan fingerprint density at radius 3 is 2.76 bits per heavy atom. The molecule has 0 atom stereocenters. The number of nitrogens with zero attached hydrogens (tertiary/aromatic N) is 2. The van der Waals surface area contributed by atoms with Gasteiger partial charge in [0.05, 0.1) is 5.52 Å². The third-order valence-corrected chi connectivity index (χ3v) is 6.42. The van der Waals surface area contributed by atoms with E-state index in [9.17, 15) is 4.79 Å². The topological polar surface area (TPSA) is 54.5 Å². The Kier molecular flexibility index (Phi) is 7.95. The fourth-order valence-corrected chi connectivity index (χ4v) is 4.61. The van der Waals surface area contributed by atoms with Crippen LogP contribution < -0.4 is 10.1 Å². The fraction of sp³-hybridized carbons (Fsp3) is 0.429. The number of aromatic nitrogens is 1. The molecule has 0 spiro atoms. The minimum atomic E-state index is 0.0973. The Labute approximate surface area is 197 Å². The molecule has 3 aromatic rings. The van der Waals surface area contributed by atoms with Crippen LogP contribution in [0.1, 0.15) is 43.9 Å². The van der Waals surface area contributed by atoms with Gasteiger partial charge in [0, 0.05) is 29.7 Å². The highest BCUT2D eigenvalue weighted by Gasteiger charge is 2.19. The number of carbonyl (C=O) groups excluding carboxylic acids is 1. The van der Waals surface area contributed by atoms with Gasteiger partial charge in [-0.25, -0.2) is 0 Å². The maximum absolute atomic E-state index is 11.9. The van der Waals surface area contributed by atoms with Crippen LogP contribution >= 0.6 is 0 Å². The number of hydrogen-bond acceptors (Lipinski definition) is 4. The molecule has 1 amide bonds. The Morgan fingerprint density at radius 1 is 1.12 bits per heavy atom. The predicted octanol–water partition coefficient (Wildman–Crippen LogP) is 5.62. The van der Waals surface area contributed by atoms with E-state index >= 15 is 0 Å². The van der Waals surface area contributed by atoms with E-state index in [1.54, 1.807) is 0 Å². The number of aryl methyl sites for hydroxylation is 1. The highest BCUT2D eigenvalue weighted by Crippen LogP contribution is 2.26. The van der Waals surface area contributed by atoms with E-state index in [4.69, 9.17) is 4.74 Å². The Bertz CT molecular complexity index is 1070. The quantitative estimate of drug-likeness (QED) is 0.465. The van der Waals surface area contributed by atoms with Crippen molar-refractivity contribution >= 4 is 22.5 Å². The SMILES string of the molecule is CCCC(=O)Nc1cccc(CC2CCN(CCOc3cccc4nc(C)ccc34)CC2)c1. The zero-order valence-corrected chi connectivity index (χ0v) is 19.8. The van der Waals surface area contributed by atoms with E-state index in [1.807, 2.05) is 50.2 Å². The third kappa shape index (κ3) is 6.55. The van der Waals surface area contributed by atoms with Crippen LogP contribution in [0.2, 0.25) is 0 Å². The van der Waals surface area contributed by atoms with Gasteiger partial charge in [-0.1, -0.05) is 25.1 Å². The van der Waals surface area contributed by atoms with Gasteiger partial charge >= 0.3 is 0 Å². The summed E-state index contributed by atoms with van der Waals surface area (Å²) in [4.78, 5) is 19.0. The molecule has 0 aliphatic carbocycles. The molecule has 0 unspecified atom stereocenters. The summed E-state index contributed by atoms with van der Waals surface area (Å²) in [5, 5.41) is 4.09. The minimum absolute atomic E-state index is 0.0973. The molecule has 2 heterocycles. The number of benzene rings is 2. The van der Waals surface area contributed by atoms with E-state index in [1.165, 1.54) is 18.4 Å². The van der Waals surface area contributed by atoms with Gasteiger partial charge in [0.15, 0.2) is 0 Å². The molecule has 0 radical (unpaired) electrons. The highest BCUT2D eigenvalue weighted by atomic mass is 16.5. The lowest BCUT2D eigenvalue weighted by Gasteiger charge is -2.32. The Morgan fingerprint density at radius 2 is 1.94 bits per heavy atom. The number of fused-ring (bicyclic) bond motifs is 1. The summed E-state index contributed by atoms with van der Waals surface area (Å²) >= 11 is 0. The first kappa shape index (κ1) is 23.2. The summed E-state index contributed by atoms with van der Waals surface area (Å²) in [6.07, 6.45) is 4.91. The van der Waals surface area contributed by atoms with Crippen LogP contribution in [0.4, 0.5) is 5.69 Å². The molecule has 5 nitrogen and oxygen atoms in total. The molecule has 2 aromatic carbocycles. The second kappa shape index (κ2) is 11.3. The highest BCUT2D eigenvalue weighted by molar-refractivity contribution is 5.90. The first-order valence-electron chi connectivity index (χ1n) is 12.2. The average molecular weight is 446 g/mol. The van der Waals surface area contributed by atoms with Gasteiger partial charge in [0.25, 0.3) is 0 Å². The number of pyridine rings is 1. The largest absolute Gasteiger partial charge is 0.492 e. The van der Waals surface area contributed by atoms with Crippen molar-refractivity contribution in [3.8, 4) is 5.75 Å². The van der Waals surface area contributed by atoms with Crippen LogP contribution in [-0.2, 0) is 11.2 Å². The molecule has 5 heteroatoms. The molecule has 1 saturated heterocycles. The molecule has 1 aliphatic rings. The third-order valence-electron chi connectivity index (χ3n) is 6.42. The van der Waals surface area contributed by atoms with Crippen LogP contribution in [0, 0.1) is 12.8 Å². The van der Waals surface area contributed by atoms with Crippen molar-refractivity contribution in [3.05, 3.63) is 65.9 Å². The molecular formula is C28H35N3O2. The first-order chi connectivity index (χ1) is 16.1. The molecule has 174 valence electrons. The van der Waals surface area contributed by atoms with Gasteiger partial charge in [-0.3, -0.25) is 14.7 Å². The smallest absolute Gasteiger partial charge is 0.224 e. The molecule has 1 N–H and O–H groups in total. The van der Waals surface area contributed by atoms with Crippen LogP contribution in [0.3, 0.4) is 0 Å². The zero-order valence-electron chi connectivity index (χ0n) is 19.8. The van der Waals surface area contributed by atoms with Crippen LogP contribution in [-0.4, -0.2) is 42.0 Å². The van der Waals surface area contributed by atoms with Gasteiger partial charge in [-0.05, 0) is 93.6 Å². The maximum atomic E-state index is 11.9. The monoisotopic (exact) mass is 445 g/mol. The van der Waals surface area contributed by atoms with Crippen molar-refractivity contribution in [3.63, 3.8) is 0 Å². The van der Waals surface area contributed by atoms with E-state index in [2.05, 4.69) is 33.4 Å². The number of amides is 1. The van der Waals surface area contributed by atoms with Crippen LogP contribution in [0.5, 0.6) is 5.75 Å². The number of nitrogens with one attached hydrogen (secondary N) is 1. The lowest BCUT2D eigenvalue weighted by Crippen LogP contribution is -2.37. The number of hydrogen-bond donors (Lipinski definition) is 1. The molecule has 0 saturated carbocycles. The van der Waals surface area contributed by atoms with Crippen molar-refractivity contribution in [2.24, 2.45) is 5.92 Å². The summed E-state index contributed by atoms with van der Waals surface area (Å²) < 4.78 is 6.13. The van der Waals surface area contributed by atoms with Crippen molar-refractivity contribution in [1.82, 2.24) is 9.88 Å². The Balaban J connectivity index is 1.22. The summed E-state index contributed by atoms with van der Waals surface area (Å²) in [5.74, 6) is 1.71. The van der Waals surface area contributed by atoms with Crippen molar-refractivity contribution in [2.75, 3.05) is 31.6 Å². The zero-order chi connectivity index (χ0) is 23.0. The number of piperidine rings is 1. The summed E-state index contributed by atoms with van der Waals surface area (Å²) in [6.45, 7) is 7.89. The van der Waals surface area contributed by atoms with Gasteiger partial charge in [0.2, 0.25) is 5.91 Å². The lowest BCUT2D eigenvalue weighted by molar-refractivity contribution is -0.116. The van der Waals surface area contributed by atoms with Crippen molar-refractivity contribution < 1.29 is 9.53 Å². The minimum Gasteiger partial charge on any atom is -0.492 e. The molecule has 1 fully saturated rings. The predicted molar refractivity (Wildman–Crippen MR) is 135 cm³/mol. The summed E-state index contributed by atoms with van der Waals surface area (Å²) in [6, 6.07) is 18.6. The average Bonchev–Trinajstić information content (AvgIpc) is 2.80.